The van der Waals surface area contributed by atoms with Crippen LogP contribution in [0.4, 0.5) is 0 Å². The number of amides is 1. The van der Waals surface area contributed by atoms with Crippen LogP contribution in [0.3, 0.4) is 0 Å². The maximum atomic E-state index is 12.6. The van der Waals surface area contributed by atoms with Crippen molar-refractivity contribution in [2.24, 2.45) is 0 Å². The molecule has 3 rings (SSSR count). The first-order valence-electron chi connectivity index (χ1n) is 8.42. The van der Waals surface area contributed by atoms with Gasteiger partial charge in [-0.1, -0.05) is 17.3 Å². The van der Waals surface area contributed by atoms with Gasteiger partial charge in [0.2, 0.25) is 5.89 Å². The molecule has 1 aromatic carbocycles. The summed E-state index contributed by atoms with van der Waals surface area (Å²) < 4.78 is 11.0. The van der Waals surface area contributed by atoms with Crippen LogP contribution in [0.15, 0.2) is 22.7 Å². The van der Waals surface area contributed by atoms with Crippen molar-refractivity contribution in [3.05, 3.63) is 41.0 Å². The van der Waals surface area contributed by atoms with Crippen LogP contribution in [0, 0.1) is 20.8 Å². The fourth-order valence-corrected chi connectivity index (χ4v) is 2.91. The summed E-state index contributed by atoms with van der Waals surface area (Å²) in [5.74, 6) is 1.87. The third kappa shape index (κ3) is 3.99. The quantitative estimate of drug-likeness (QED) is 0.843. The second kappa shape index (κ2) is 7.23. The van der Waals surface area contributed by atoms with Crippen LogP contribution in [-0.4, -0.2) is 59.1 Å². The minimum atomic E-state index is -0.0837. The molecule has 1 saturated heterocycles. The van der Waals surface area contributed by atoms with Crippen LogP contribution in [-0.2, 0) is 4.79 Å². The maximum Gasteiger partial charge on any atom is 0.260 e. The number of carbonyl (C=O) groups is 1. The Hall–Kier alpha value is -2.41. The number of aryl methyl sites for hydroxylation is 3. The minimum Gasteiger partial charge on any atom is -0.483 e. The van der Waals surface area contributed by atoms with Crippen molar-refractivity contribution in [2.45, 2.75) is 26.8 Å². The SMILES string of the molecule is Cc1ccc(C)c(OCC(=O)N2CCN(C)[C@@H](c3nc(C)no3)C2)c1. The van der Waals surface area contributed by atoms with Crippen LogP contribution in [0.5, 0.6) is 5.75 Å². The number of rotatable bonds is 4. The fraction of sp³-hybridized carbons (Fsp3) is 0.500. The number of ether oxygens (including phenoxy) is 1. The van der Waals surface area contributed by atoms with Gasteiger partial charge in [0.1, 0.15) is 11.8 Å². The number of hydrogen-bond donors (Lipinski definition) is 0. The minimum absolute atomic E-state index is 0.0313. The first-order valence-corrected chi connectivity index (χ1v) is 8.42. The van der Waals surface area contributed by atoms with E-state index in [-0.39, 0.29) is 18.6 Å². The molecular weight excluding hydrogens is 320 g/mol. The summed E-state index contributed by atoms with van der Waals surface area (Å²) in [4.78, 5) is 20.8. The van der Waals surface area contributed by atoms with E-state index in [0.29, 0.717) is 24.8 Å². The van der Waals surface area contributed by atoms with E-state index in [1.165, 1.54) is 0 Å². The van der Waals surface area contributed by atoms with Gasteiger partial charge in [0, 0.05) is 19.6 Å². The highest BCUT2D eigenvalue weighted by atomic mass is 16.5. The Balaban J connectivity index is 1.63. The van der Waals surface area contributed by atoms with E-state index in [2.05, 4.69) is 15.0 Å². The molecule has 7 nitrogen and oxygen atoms in total. The van der Waals surface area contributed by atoms with Gasteiger partial charge in [-0.25, -0.2) is 0 Å². The lowest BCUT2D eigenvalue weighted by Gasteiger charge is -2.37. The molecule has 7 heteroatoms. The van der Waals surface area contributed by atoms with Gasteiger partial charge in [-0.15, -0.1) is 0 Å². The number of nitrogens with zero attached hydrogens (tertiary/aromatic N) is 4. The van der Waals surface area contributed by atoms with E-state index in [9.17, 15) is 4.79 Å². The first-order chi connectivity index (χ1) is 11.9. The average Bonchev–Trinajstić information content (AvgIpc) is 3.02. The van der Waals surface area contributed by atoms with Crippen molar-refractivity contribution in [1.29, 1.82) is 0 Å². The van der Waals surface area contributed by atoms with Gasteiger partial charge in [-0.05, 0) is 45.0 Å². The molecule has 0 N–H and O–H groups in total. The molecule has 0 bridgehead atoms. The number of hydrogen-bond acceptors (Lipinski definition) is 6. The molecule has 0 radical (unpaired) electrons. The van der Waals surface area contributed by atoms with Crippen molar-refractivity contribution in [3.8, 4) is 5.75 Å². The van der Waals surface area contributed by atoms with Gasteiger partial charge < -0.3 is 14.2 Å². The normalized spacial score (nSPS) is 18.4. The molecule has 1 fully saturated rings. The lowest BCUT2D eigenvalue weighted by molar-refractivity contribution is -0.136. The fourth-order valence-electron chi connectivity index (χ4n) is 2.91. The van der Waals surface area contributed by atoms with Crippen molar-refractivity contribution < 1.29 is 14.1 Å². The van der Waals surface area contributed by atoms with E-state index >= 15 is 0 Å². The summed E-state index contributed by atoms with van der Waals surface area (Å²) in [7, 11) is 2.00. The summed E-state index contributed by atoms with van der Waals surface area (Å²) in [6.07, 6.45) is 0. The molecular formula is C18H24N4O3. The molecule has 1 aliphatic rings. The van der Waals surface area contributed by atoms with Crippen molar-refractivity contribution in [1.82, 2.24) is 19.9 Å². The highest BCUT2D eigenvalue weighted by Gasteiger charge is 2.32. The number of aromatic nitrogens is 2. The van der Waals surface area contributed by atoms with Gasteiger partial charge in [0.05, 0.1) is 0 Å². The van der Waals surface area contributed by atoms with E-state index in [1.54, 1.807) is 11.8 Å². The largest absolute Gasteiger partial charge is 0.483 e. The van der Waals surface area contributed by atoms with Crippen molar-refractivity contribution in [3.63, 3.8) is 0 Å². The maximum absolute atomic E-state index is 12.6. The van der Waals surface area contributed by atoms with Gasteiger partial charge in [0.15, 0.2) is 12.4 Å². The summed E-state index contributed by atoms with van der Waals surface area (Å²) in [5.41, 5.74) is 2.13. The molecule has 0 saturated carbocycles. The Morgan fingerprint density at radius 2 is 2.12 bits per heavy atom. The summed E-state index contributed by atoms with van der Waals surface area (Å²) in [6, 6.07) is 5.90. The molecule has 2 heterocycles. The number of benzene rings is 1. The van der Waals surface area contributed by atoms with E-state index in [4.69, 9.17) is 9.26 Å². The van der Waals surface area contributed by atoms with Crippen LogP contribution in [0.1, 0.15) is 28.9 Å². The Bertz CT molecular complexity index is 759. The molecule has 1 aromatic heterocycles. The Labute approximate surface area is 147 Å². The zero-order chi connectivity index (χ0) is 18.0. The van der Waals surface area contributed by atoms with Gasteiger partial charge in [-0.3, -0.25) is 9.69 Å². The summed E-state index contributed by atoms with van der Waals surface area (Å²) in [6.45, 7) is 7.73. The predicted octanol–water partition coefficient (Wildman–Crippen LogP) is 1.89. The molecule has 1 atom stereocenters. The highest BCUT2D eigenvalue weighted by molar-refractivity contribution is 5.78. The van der Waals surface area contributed by atoms with Gasteiger partial charge in [-0.2, -0.15) is 4.98 Å². The van der Waals surface area contributed by atoms with Crippen LogP contribution < -0.4 is 4.74 Å². The Kier molecular flexibility index (Phi) is 5.03. The highest BCUT2D eigenvalue weighted by Crippen LogP contribution is 2.23. The molecule has 0 aliphatic carbocycles. The van der Waals surface area contributed by atoms with Crippen molar-refractivity contribution in [2.75, 3.05) is 33.3 Å². The van der Waals surface area contributed by atoms with Gasteiger partial charge in [0.25, 0.3) is 5.91 Å². The van der Waals surface area contributed by atoms with Gasteiger partial charge >= 0.3 is 0 Å². The van der Waals surface area contributed by atoms with Crippen LogP contribution in [0.25, 0.3) is 0 Å². The standard InChI is InChI=1S/C18H24N4O3/c1-12-5-6-13(2)16(9-12)24-11-17(23)22-8-7-21(4)15(10-22)18-19-14(3)20-25-18/h5-6,9,15H,7-8,10-11H2,1-4H3/t15-/m1/s1. The molecule has 1 aliphatic heterocycles. The second-order valence-electron chi connectivity index (χ2n) is 6.57. The second-order valence-corrected chi connectivity index (χ2v) is 6.57. The number of carbonyl (C=O) groups excluding carboxylic acids is 1. The summed E-state index contributed by atoms with van der Waals surface area (Å²) in [5, 5.41) is 3.85. The molecule has 1 amide bonds. The first kappa shape index (κ1) is 17.4. The molecule has 0 spiro atoms. The summed E-state index contributed by atoms with van der Waals surface area (Å²) >= 11 is 0. The average molecular weight is 344 g/mol. The number of likely N-dealkylation sites (N-methyl/N-ethyl adjacent to an activating group) is 1. The van der Waals surface area contributed by atoms with E-state index < -0.39 is 0 Å². The van der Waals surface area contributed by atoms with Crippen LogP contribution in [0.2, 0.25) is 0 Å². The molecule has 134 valence electrons. The third-order valence-electron chi connectivity index (χ3n) is 4.52. The Morgan fingerprint density at radius 3 is 2.84 bits per heavy atom. The molecule has 25 heavy (non-hydrogen) atoms. The molecule has 2 aromatic rings. The van der Waals surface area contributed by atoms with Crippen LogP contribution >= 0.6 is 0 Å². The van der Waals surface area contributed by atoms with E-state index in [0.717, 1.165) is 23.4 Å². The zero-order valence-corrected chi connectivity index (χ0v) is 15.2. The number of piperazine rings is 1. The topological polar surface area (TPSA) is 71.7 Å². The lowest BCUT2D eigenvalue weighted by atomic mass is 10.1. The zero-order valence-electron chi connectivity index (χ0n) is 15.2. The predicted molar refractivity (Wildman–Crippen MR) is 92.4 cm³/mol. The monoisotopic (exact) mass is 344 g/mol. The smallest absolute Gasteiger partial charge is 0.260 e. The molecule has 0 unspecified atom stereocenters. The van der Waals surface area contributed by atoms with E-state index in [1.807, 2.05) is 39.1 Å². The van der Waals surface area contributed by atoms with Crippen molar-refractivity contribution >= 4 is 5.91 Å². The lowest BCUT2D eigenvalue weighted by Crippen LogP contribution is -2.50. The third-order valence-corrected chi connectivity index (χ3v) is 4.52. The Morgan fingerprint density at radius 1 is 1.32 bits per heavy atom.